The van der Waals surface area contributed by atoms with E-state index < -0.39 is 0 Å². The van der Waals surface area contributed by atoms with E-state index >= 15 is 0 Å². The first-order valence-corrected chi connectivity index (χ1v) is 9.37. The fourth-order valence-electron chi connectivity index (χ4n) is 3.83. The molecule has 4 rings (SSSR count). The Balaban J connectivity index is 1.81. The van der Waals surface area contributed by atoms with E-state index in [9.17, 15) is 4.79 Å². The molecule has 1 amide bonds. The maximum Gasteiger partial charge on any atom is 0.219 e. The molecule has 0 atom stereocenters. The van der Waals surface area contributed by atoms with Crippen LogP contribution in [0.15, 0.2) is 18.5 Å². The van der Waals surface area contributed by atoms with Gasteiger partial charge in [-0.15, -0.1) is 0 Å². The van der Waals surface area contributed by atoms with Gasteiger partial charge < -0.3 is 14.4 Å². The lowest BCUT2D eigenvalue weighted by Crippen LogP contribution is -2.49. The van der Waals surface area contributed by atoms with Gasteiger partial charge in [-0.3, -0.25) is 4.79 Å². The molecule has 0 bridgehead atoms. The van der Waals surface area contributed by atoms with E-state index in [1.165, 1.54) is 5.56 Å². The quantitative estimate of drug-likeness (QED) is 0.704. The normalized spacial score (nSPS) is 15.0. The van der Waals surface area contributed by atoms with Gasteiger partial charge in [0.25, 0.3) is 0 Å². The molecule has 0 N–H and O–H groups in total. The number of piperazine rings is 1. The molecule has 0 spiro atoms. The Hall–Kier alpha value is -2.90. The number of imidazole rings is 1. The van der Waals surface area contributed by atoms with Crippen LogP contribution in [0.25, 0.3) is 17.2 Å². The lowest BCUT2D eigenvalue weighted by atomic mass is 10.1. The van der Waals surface area contributed by atoms with Crippen molar-refractivity contribution < 1.29 is 4.79 Å². The molecule has 8 heteroatoms. The summed E-state index contributed by atoms with van der Waals surface area (Å²) in [6, 6.07) is 1.99. The van der Waals surface area contributed by atoms with Crippen molar-refractivity contribution in [2.24, 2.45) is 7.05 Å². The summed E-state index contributed by atoms with van der Waals surface area (Å²) in [5, 5.41) is 4.84. The molecular formula is C19H25N7O. The molecular weight excluding hydrogens is 342 g/mol. The molecule has 4 heterocycles. The number of amides is 1. The summed E-state index contributed by atoms with van der Waals surface area (Å²) >= 11 is 0. The van der Waals surface area contributed by atoms with Gasteiger partial charge in [0.1, 0.15) is 11.5 Å². The first kappa shape index (κ1) is 17.5. The number of aryl methyl sites for hydroxylation is 2. The Labute approximate surface area is 158 Å². The van der Waals surface area contributed by atoms with Crippen LogP contribution in [0.1, 0.15) is 25.1 Å². The van der Waals surface area contributed by atoms with Crippen LogP contribution in [0, 0.1) is 6.92 Å². The number of hydrogen-bond donors (Lipinski definition) is 0. The number of aromatic nitrogens is 5. The van der Waals surface area contributed by atoms with Crippen LogP contribution >= 0.6 is 0 Å². The molecule has 1 aliphatic rings. The molecule has 142 valence electrons. The molecule has 3 aromatic heterocycles. The van der Waals surface area contributed by atoms with Crippen molar-refractivity contribution in [3.63, 3.8) is 0 Å². The summed E-state index contributed by atoms with van der Waals surface area (Å²) in [4.78, 5) is 25.1. The smallest absolute Gasteiger partial charge is 0.219 e. The maximum atomic E-state index is 11.7. The predicted molar refractivity (Wildman–Crippen MR) is 104 cm³/mol. The van der Waals surface area contributed by atoms with Crippen molar-refractivity contribution in [3.05, 3.63) is 29.7 Å². The van der Waals surface area contributed by atoms with E-state index in [1.54, 1.807) is 13.1 Å². The van der Waals surface area contributed by atoms with Crippen LogP contribution in [0.4, 0.5) is 5.82 Å². The second-order valence-electron chi connectivity index (χ2n) is 7.01. The number of fused-ring (bicyclic) bond motifs is 1. The molecule has 8 nitrogen and oxygen atoms in total. The summed E-state index contributed by atoms with van der Waals surface area (Å²) < 4.78 is 3.90. The van der Waals surface area contributed by atoms with E-state index in [0.29, 0.717) is 0 Å². The van der Waals surface area contributed by atoms with Gasteiger partial charge in [-0.2, -0.15) is 9.61 Å². The number of nitrogens with zero attached hydrogens (tertiary/aromatic N) is 7. The Morgan fingerprint density at radius 1 is 1.22 bits per heavy atom. The van der Waals surface area contributed by atoms with Gasteiger partial charge in [0.15, 0.2) is 11.5 Å². The van der Waals surface area contributed by atoms with E-state index in [4.69, 9.17) is 10.1 Å². The SMILES string of the molecule is CCc1c(C)nc2cc(-c3nccn3C)nn2c1N1CCN(C(C)=O)CC1. The molecule has 27 heavy (non-hydrogen) atoms. The van der Waals surface area contributed by atoms with Crippen LogP contribution in [-0.4, -0.2) is 61.1 Å². The average molecular weight is 367 g/mol. The van der Waals surface area contributed by atoms with Gasteiger partial charge in [0.05, 0.1) is 0 Å². The Morgan fingerprint density at radius 2 is 1.96 bits per heavy atom. The maximum absolute atomic E-state index is 11.7. The molecule has 3 aromatic rings. The zero-order chi connectivity index (χ0) is 19.1. The van der Waals surface area contributed by atoms with Crippen LogP contribution < -0.4 is 4.90 Å². The highest BCUT2D eigenvalue weighted by Crippen LogP contribution is 2.28. The van der Waals surface area contributed by atoms with Crippen molar-refractivity contribution in [1.29, 1.82) is 0 Å². The number of rotatable bonds is 3. The van der Waals surface area contributed by atoms with Gasteiger partial charge in [0.2, 0.25) is 5.91 Å². The largest absolute Gasteiger partial charge is 0.353 e. The van der Waals surface area contributed by atoms with Gasteiger partial charge in [-0.05, 0) is 13.3 Å². The molecule has 1 saturated heterocycles. The third kappa shape index (κ3) is 2.94. The molecule has 0 unspecified atom stereocenters. The highest BCUT2D eigenvalue weighted by Gasteiger charge is 2.25. The molecule has 0 aliphatic carbocycles. The number of carbonyl (C=O) groups is 1. The molecule has 0 aromatic carbocycles. The molecule has 1 fully saturated rings. The van der Waals surface area contributed by atoms with Crippen molar-refractivity contribution in [2.45, 2.75) is 27.2 Å². The minimum absolute atomic E-state index is 0.137. The first-order valence-electron chi connectivity index (χ1n) is 9.37. The van der Waals surface area contributed by atoms with Crippen LogP contribution in [0.2, 0.25) is 0 Å². The monoisotopic (exact) mass is 367 g/mol. The number of carbonyl (C=O) groups excluding carboxylic acids is 1. The van der Waals surface area contributed by atoms with Crippen LogP contribution in [-0.2, 0) is 18.3 Å². The van der Waals surface area contributed by atoms with Gasteiger partial charge in [-0.25, -0.2) is 9.97 Å². The fourth-order valence-corrected chi connectivity index (χ4v) is 3.83. The second kappa shape index (κ2) is 6.68. The Bertz CT molecular complexity index is 995. The average Bonchev–Trinajstić information content (AvgIpc) is 3.26. The summed E-state index contributed by atoms with van der Waals surface area (Å²) in [6.07, 6.45) is 4.57. The summed E-state index contributed by atoms with van der Waals surface area (Å²) in [7, 11) is 1.96. The Kier molecular flexibility index (Phi) is 4.33. The summed E-state index contributed by atoms with van der Waals surface area (Å²) in [6.45, 7) is 8.89. The summed E-state index contributed by atoms with van der Waals surface area (Å²) in [5.41, 5.74) is 3.87. The minimum Gasteiger partial charge on any atom is -0.353 e. The van der Waals surface area contributed by atoms with E-state index in [1.807, 2.05) is 33.3 Å². The van der Waals surface area contributed by atoms with Gasteiger partial charge in [-0.1, -0.05) is 6.92 Å². The van der Waals surface area contributed by atoms with Crippen molar-refractivity contribution in [3.8, 4) is 11.5 Å². The first-order chi connectivity index (χ1) is 13.0. The lowest BCUT2D eigenvalue weighted by molar-refractivity contribution is -0.129. The predicted octanol–water partition coefficient (Wildman–Crippen LogP) is 1.67. The van der Waals surface area contributed by atoms with Crippen molar-refractivity contribution in [2.75, 3.05) is 31.1 Å². The fraction of sp³-hybridized carbons (Fsp3) is 0.474. The third-order valence-corrected chi connectivity index (χ3v) is 5.31. The molecule has 0 radical (unpaired) electrons. The zero-order valence-electron chi connectivity index (χ0n) is 16.3. The zero-order valence-corrected chi connectivity index (χ0v) is 16.3. The van der Waals surface area contributed by atoms with Crippen molar-refractivity contribution in [1.82, 2.24) is 29.0 Å². The third-order valence-electron chi connectivity index (χ3n) is 5.31. The van der Waals surface area contributed by atoms with E-state index in [-0.39, 0.29) is 5.91 Å². The minimum atomic E-state index is 0.137. The molecule has 1 aliphatic heterocycles. The van der Waals surface area contributed by atoms with Crippen LogP contribution in [0.5, 0.6) is 0 Å². The summed E-state index contributed by atoms with van der Waals surface area (Å²) in [5.74, 6) is 2.05. The lowest BCUT2D eigenvalue weighted by Gasteiger charge is -2.36. The second-order valence-corrected chi connectivity index (χ2v) is 7.01. The van der Waals surface area contributed by atoms with E-state index in [2.05, 4.69) is 23.7 Å². The van der Waals surface area contributed by atoms with Crippen LogP contribution in [0.3, 0.4) is 0 Å². The van der Waals surface area contributed by atoms with Gasteiger partial charge >= 0.3 is 0 Å². The topological polar surface area (TPSA) is 71.6 Å². The standard InChI is InChI=1S/C19H25N7O/c1-5-15-13(2)21-17-12-16(18-20-6-7-23(18)4)22-26(17)19(15)25-10-8-24(9-11-25)14(3)27/h6-7,12H,5,8-11H2,1-4H3. The number of hydrogen-bond acceptors (Lipinski definition) is 5. The van der Waals surface area contributed by atoms with Crippen molar-refractivity contribution >= 4 is 17.4 Å². The Morgan fingerprint density at radius 3 is 2.56 bits per heavy atom. The highest BCUT2D eigenvalue weighted by molar-refractivity contribution is 5.73. The highest BCUT2D eigenvalue weighted by atomic mass is 16.2. The number of anilines is 1. The van der Waals surface area contributed by atoms with Gasteiger partial charge in [0, 0.05) is 69.9 Å². The molecule has 0 saturated carbocycles. The van der Waals surface area contributed by atoms with E-state index in [0.717, 1.165) is 61.3 Å².